The van der Waals surface area contributed by atoms with Gasteiger partial charge in [0.05, 0.1) is 34.4 Å². The van der Waals surface area contributed by atoms with Crippen molar-refractivity contribution >= 4 is 28.6 Å². The van der Waals surface area contributed by atoms with E-state index in [-0.39, 0.29) is 5.56 Å². The van der Waals surface area contributed by atoms with Crippen molar-refractivity contribution in [2.45, 2.75) is 0 Å². The number of aromatic nitrogens is 2. The van der Waals surface area contributed by atoms with E-state index in [1.54, 1.807) is 48.3 Å². The first kappa shape index (κ1) is 13.5. The molecule has 3 rings (SSSR count). The molecule has 5 nitrogen and oxygen atoms in total. The highest BCUT2D eigenvalue weighted by molar-refractivity contribution is 6.32. The summed E-state index contributed by atoms with van der Waals surface area (Å²) in [5, 5.41) is 9.83. The highest BCUT2D eigenvalue weighted by atomic mass is 35.5. The van der Waals surface area contributed by atoms with Crippen LogP contribution in [0.3, 0.4) is 0 Å². The summed E-state index contributed by atoms with van der Waals surface area (Å²) in [6, 6.07) is 10.1. The number of carboxylic acids is 1. The smallest absolute Gasteiger partial charge is 0.337 e. The minimum atomic E-state index is -1.01. The standard InChI is InChI=1S/C15H11ClN2O3/c1-21-9-5-6-11(16)13(7-9)18-8-17-12-4-2-3-10(14(12)18)15(19)20/h2-8H,1H3,(H,19,20). The van der Waals surface area contributed by atoms with Crippen LogP contribution in [0.2, 0.25) is 5.02 Å². The molecule has 0 atom stereocenters. The molecule has 0 spiro atoms. The molecule has 1 N–H and O–H groups in total. The molecule has 3 aromatic rings. The Hall–Kier alpha value is -2.53. The molecule has 0 aliphatic rings. The Morgan fingerprint density at radius 3 is 2.86 bits per heavy atom. The molecule has 106 valence electrons. The second-order valence-electron chi connectivity index (χ2n) is 4.41. The lowest BCUT2D eigenvalue weighted by Crippen LogP contribution is -2.02. The monoisotopic (exact) mass is 302 g/mol. The highest BCUT2D eigenvalue weighted by Crippen LogP contribution is 2.29. The number of hydrogen-bond acceptors (Lipinski definition) is 3. The Morgan fingerprint density at radius 2 is 2.14 bits per heavy atom. The van der Waals surface area contributed by atoms with Crippen LogP contribution >= 0.6 is 11.6 Å². The first-order valence-corrected chi connectivity index (χ1v) is 6.53. The van der Waals surface area contributed by atoms with Crippen LogP contribution < -0.4 is 4.74 Å². The SMILES string of the molecule is COc1ccc(Cl)c(-n2cnc3cccc(C(=O)O)c32)c1. The third kappa shape index (κ3) is 2.21. The minimum absolute atomic E-state index is 0.170. The molecule has 1 aromatic heterocycles. The fourth-order valence-corrected chi connectivity index (χ4v) is 2.43. The molecule has 0 bridgehead atoms. The topological polar surface area (TPSA) is 64.4 Å². The predicted octanol–water partition coefficient (Wildman–Crippen LogP) is 3.39. The number of halogens is 1. The van der Waals surface area contributed by atoms with E-state index in [1.807, 2.05) is 0 Å². The number of benzene rings is 2. The summed E-state index contributed by atoms with van der Waals surface area (Å²) in [6.07, 6.45) is 1.55. The van der Waals surface area contributed by atoms with Gasteiger partial charge in [-0.1, -0.05) is 17.7 Å². The third-order valence-corrected chi connectivity index (χ3v) is 3.53. The van der Waals surface area contributed by atoms with Crippen molar-refractivity contribution in [2.75, 3.05) is 7.11 Å². The van der Waals surface area contributed by atoms with Crippen LogP contribution in [0.4, 0.5) is 0 Å². The number of aromatic carboxylic acids is 1. The maximum atomic E-state index is 11.4. The van der Waals surface area contributed by atoms with Crippen molar-refractivity contribution in [1.29, 1.82) is 0 Å². The molecule has 0 unspecified atom stereocenters. The molecule has 0 radical (unpaired) electrons. The summed E-state index contributed by atoms with van der Waals surface area (Å²) in [7, 11) is 1.56. The molecule has 0 fully saturated rings. The molecule has 6 heteroatoms. The van der Waals surface area contributed by atoms with Gasteiger partial charge in [0, 0.05) is 6.07 Å². The summed E-state index contributed by atoms with van der Waals surface area (Å²) < 4.78 is 6.85. The number of methoxy groups -OCH3 is 1. The predicted molar refractivity (Wildman–Crippen MR) is 79.6 cm³/mol. The number of rotatable bonds is 3. The van der Waals surface area contributed by atoms with Gasteiger partial charge in [-0.25, -0.2) is 9.78 Å². The van der Waals surface area contributed by atoms with Crippen molar-refractivity contribution in [3.63, 3.8) is 0 Å². The summed E-state index contributed by atoms with van der Waals surface area (Å²) in [5.74, 6) is -0.384. The molecular weight excluding hydrogens is 292 g/mol. The van der Waals surface area contributed by atoms with Gasteiger partial charge in [0.2, 0.25) is 0 Å². The molecule has 0 aliphatic heterocycles. The van der Waals surface area contributed by atoms with Crippen molar-refractivity contribution in [3.8, 4) is 11.4 Å². The Bertz CT molecular complexity index is 842. The van der Waals surface area contributed by atoms with Crippen molar-refractivity contribution in [2.24, 2.45) is 0 Å². The van der Waals surface area contributed by atoms with Gasteiger partial charge >= 0.3 is 5.97 Å². The van der Waals surface area contributed by atoms with E-state index < -0.39 is 5.97 Å². The van der Waals surface area contributed by atoms with Gasteiger partial charge in [-0.15, -0.1) is 0 Å². The Balaban J connectivity index is 2.33. The zero-order valence-electron chi connectivity index (χ0n) is 11.1. The number of hydrogen-bond donors (Lipinski definition) is 1. The molecule has 0 saturated carbocycles. The van der Waals surface area contributed by atoms with Gasteiger partial charge in [-0.2, -0.15) is 0 Å². The maximum absolute atomic E-state index is 11.4. The number of carboxylic acid groups (broad SMARTS) is 1. The number of nitrogens with zero attached hydrogens (tertiary/aromatic N) is 2. The summed E-state index contributed by atoms with van der Waals surface area (Å²) in [5.41, 5.74) is 1.88. The fraction of sp³-hybridized carbons (Fsp3) is 0.0667. The van der Waals surface area contributed by atoms with Gasteiger partial charge in [0.25, 0.3) is 0 Å². The van der Waals surface area contributed by atoms with Gasteiger partial charge in [0.15, 0.2) is 0 Å². The molecule has 1 heterocycles. The molecule has 21 heavy (non-hydrogen) atoms. The van der Waals surface area contributed by atoms with Crippen LogP contribution in [0, 0.1) is 0 Å². The Kier molecular flexibility index (Phi) is 3.27. The van der Waals surface area contributed by atoms with Crippen molar-refractivity contribution < 1.29 is 14.6 Å². The number of carbonyl (C=O) groups is 1. The van der Waals surface area contributed by atoms with E-state index in [9.17, 15) is 9.90 Å². The van der Waals surface area contributed by atoms with Gasteiger partial charge < -0.3 is 9.84 Å². The summed E-state index contributed by atoms with van der Waals surface area (Å²) in [4.78, 5) is 15.6. The van der Waals surface area contributed by atoms with E-state index >= 15 is 0 Å². The maximum Gasteiger partial charge on any atom is 0.337 e. The van der Waals surface area contributed by atoms with E-state index in [1.165, 1.54) is 6.07 Å². The first-order chi connectivity index (χ1) is 10.1. The summed E-state index contributed by atoms with van der Waals surface area (Å²) >= 11 is 6.23. The quantitative estimate of drug-likeness (QED) is 0.805. The van der Waals surface area contributed by atoms with Gasteiger partial charge in [-0.3, -0.25) is 4.57 Å². The van der Waals surface area contributed by atoms with Crippen molar-refractivity contribution in [3.05, 3.63) is 53.3 Å². The van der Waals surface area contributed by atoms with E-state index in [0.29, 0.717) is 27.5 Å². The highest BCUT2D eigenvalue weighted by Gasteiger charge is 2.16. The normalized spacial score (nSPS) is 10.8. The zero-order chi connectivity index (χ0) is 15.0. The minimum Gasteiger partial charge on any atom is -0.497 e. The number of fused-ring (bicyclic) bond motifs is 1. The molecule has 2 aromatic carbocycles. The second kappa shape index (κ2) is 5.10. The van der Waals surface area contributed by atoms with Crippen LogP contribution in [0.15, 0.2) is 42.7 Å². The number of ether oxygens (including phenoxy) is 1. The van der Waals surface area contributed by atoms with E-state index in [4.69, 9.17) is 16.3 Å². The number of para-hydroxylation sites is 1. The van der Waals surface area contributed by atoms with Crippen LogP contribution in [0.5, 0.6) is 5.75 Å². The average molecular weight is 303 g/mol. The Labute approximate surface area is 125 Å². The summed E-state index contributed by atoms with van der Waals surface area (Å²) in [6.45, 7) is 0. The number of imidazole rings is 1. The zero-order valence-corrected chi connectivity index (χ0v) is 11.8. The molecule has 0 amide bonds. The van der Waals surface area contributed by atoms with E-state index in [0.717, 1.165) is 0 Å². The van der Waals surface area contributed by atoms with Crippen LogP contribution in [-0.2, 0) is 0 Å². The van der Waals surface area contributed by atoms with Crippen LogP contribution in [0.1, 0.15) is 10.4 Å². The average Bonchev–Trinajstić information content (AvgIpc) is 2.91. The van der Waals surface area contributed by atoms with Crippen LogP contribution in [0.25, 0.3) is 16.7 Å². The molecular formula is C15H11ClN2O3. The van der Waals surface area contributed by atoms with Gasteiger partial charge in [-0.05, 0) is 24.3 Å². The first-order valence-electron chi connectivity index (χ1n) is 6.15. The molecule has 0 saturated heterocycles. The Morgan fingerprint density at radius 1 is 1.33 bits per heavy atom. The lowest BCUT2D eigenvalue weighted by atomic mass is 10.1. The van der Waals surface area contributed by atoms with Crippen LogP contribution in [-0.4, -0.2) is 27.7 Å². The lowest BCUT2D eigenvalue weighted by Gasteiger charge is -2.10. The molecule has 0 aliphatic carbocycles. The van der Waals surface area contributed by atoms with Gasteiger partial charge in [0.1, 0.15) is 12.1 Å². The van der Waals surface area contributed by atoms with Crippen molar-refractivity contribution in [1.82, 2.24) is 9.55 Å². The fourth-order valence-electron chi connectivity index (χ4n) is 2.23. The second-order valence-corrected chi connectivity index (χ2v) is 4.82. The largest absolute Gasteiger partial charge is 0.497 e. The lowest BCUT2D eigenvalue weighted by molar-refractivity contribution is 0.0698. The van der Waals surface area contributed by atoms with E-state index in [2.05, 4.69) is 4.98 Å². The third-order valence-electron chi connectivity index (χ3n) is 3.21.